The molecular weight excluding hydrogens is 531 g/mol. The van der Waals surface area contributed by atoms with E-state index in [0.29, 0.717) is 24.1 Å². The number of β-lactam (4-membered cyclic amide) rings is 1. The molecule has 2 saturated heterocycles. The molecule has 1 aromatic rings. The van der Waals surface area contributed by atoms with Gasteiger partial charge in [-0.25, -0.2) is 4.68 Å². The van der Waals surface area contributed by atoms with Crippen LogP contribution in [0.15, 0.2) is 32.9 Å². The first-order valence-electron chi connectivity index (χ1n) is 11.4. The number of hydrogen-bond acceptors (Lipinski definition) is 10. The summed E-state index contributed by atoms with van der Waals surface area (Å²) >= 11 is 2.32. The largest absolute Gasteiger partial charge is 1.00 e. The van der Waals surface area contributed by atoms with E-state index in [-0.39, 0.29) is 69.6 Å². The zero-order valence-corrected chi connectivity index (χ0v) is 24.2. The molecule has 1 saturated carbocycles. The summed E-state index contributed by atoms with van der Waals surface area (Å²) in [5, 5.41) is 18.3. The van der Waals surface area contributed by atoms with Gasteiger partial charge in [0, 0.05) is 31.0 Å². The first-order valence-corrected chi connectivity index (χ1v) is 13.4. The molecule has 1 N–H and O–H groups in total. The van der Waals surface area contributed by atoms with Crippen molar-refractivity contribution in [3.63, 3.8) is 0 Å². The number of carboxylic acids is 1. The molecule has 5 rings (SSSR count). The summed E-state index contributed by atoms with van der Waals surface area (Å²) in [6.45, 7) is 2.16. The number of fused-ring (bicyclic) bond motifs is 1. The van der Waals surface area contributed by atoms with Gasteiger partial charge in [-0.05, 0) is 37.8 Å². The summed E-state index contributed by atoms with van der Waals surface area (Å²) in [4.78, 5) is 68.5. The number of rotatable bonds is 7. The number of aliphatic carboxylic acids is 1. The summed E-state index contributed by atoms with van der Waals surface area (Å²) < 4.78 is 1.40. The molecule has 0 spiro atoms. The number of hydrogen-bond donors (Lipinski definition) is 1. The standard InChI is InChI=1S/C22H24N6O6S2.Na/c1-10-17(30)24-22(26(2)25-10)36-9-14(29)23-15-19(32)28-16(21(33)34)12(8-35-20(15)28)7-11-5-6-27(18(11)31)13-3-4-13;/h7,13,15,20H,3-6,8-9H2,1-2H3,(H,23,29)(H,33,34);/q;+1/p-1/b11-7+;/t15-,20-;/m1./s1. The van der Waals surface area contributed by atoms with Crippen LogP contribution in [0.2, 0.25) is 0 Å². The molecule has 0 aromatic carbocycles. The van der Waals surface area contributed by atoms with Gasteiger partial charge in [-0.1, -0.05) is 11.8 Å². The van der Waals surface area contributed by atoms with E-state index in [4.69, 9.17) is 0 Å². The van der Waals surface area contributed by atoms with Crippen LogP contribution in [0.1, 0.15) is 25.0 Å². The number of allylic oxidation sites excluding steroid dienone is 1. The van der Waals surface area contributed by atoms with Gasteiger partial charge in [-0.3, -0.25) is 24.1 Å². The third kappa shape index (κ3) is 5.39. The van der Waals surface area contributed by atoms with Gasteiger partial charge < -0.3 is 20.1 Å². The van der Waals surface area contributed by atoms with Crippen molar-refractivity contribution in [2.75, 3.05) is 18.1 Å². The Labute approximate surface area is 242 Å². The number of carbonyl (C=O) groups is 4. The smallest absolute Gasteiger partial charge is 0.543 e. The number of thioether (sulfide) groups is 2. The number of aryl methyl sites for hydroxylation is 2. The Morgan fingerprint density at radius 3 is 2.68 bits per heavy atom. The van der Waals surface area contributed by atoms with Crippen molar-refractivity contribution in [3.8, 4) is 0 Å². The summed E-state index contributed by atoms with van der Waals surface area (Å²) in [6, 6.07) is -0.608. The molecule has 1 aromatic heterocycles. The molecule has 37 heavy (non-hydrogen) atoms. The minimum absolute atomic E-state index is 0. The number of likely N-dealkylation sites (tertiary alicyclic amines) is 1. The van der Waals surface area contributed by atoms with Gasteiger partial charge in [0.2, 0.25) is 11.8 Å². The van der Waals surface area contributed by atoms with E-state index in [1.807, 2.05) is 4.90 Å². The third-order valence-corrected chi connectivity index (χ3v) is 8.74. The second kappa shape index (κ2) is 10.9. The number of carboxylic acid groups (broad SMARTS) is 1. The number of aromatic nitrogens is 3. The van der Waals surface area contributed by atoms with Crippen LogP contribution in [0, 0.1) is 6.92 Å². The van der Waals surface area contributed by atoms with Crippen LogP contribution in [-0.4, -0.2) is 83.8 Å². The maximum Gasteiger partial charge on any atom is 1.00 e. The molecule has 12 nitrogen and oxygen atoms in total. The van der Waals surface area contributed by atoms with Crippen LogP contribution in [0.4, 0.5) is 0 Å². The maximum atomic E-state index is 12.9. The third-order valence-electron chi connectivity index (χ3n) is 6.42. The summed E-state index contributed by atoms with van der Waals surface area (Å²) in [5.41, 5.74) is 0.415. The van der Waals surface area contributed by atoms with E-state index in [1.165, 1.54) is 23.4 Å². The van der Waals surface area contributed by atoms with Crippen molar-refractivity contribution in [1.29, 1.82) is 0 Å². The fourth-order valence-electron chi connectivity index (χ4n) is 4.48. The van der Waals surface area contributed by atoms with Crippen molar-refractivity contribution < 1.29 is 53.8 Å². The molecule has 1 aliphatic carbocycles. The van der Waals surface area contributed by atoms with Gasteiger partial charge in [0.1, 0.15) is 17.1 Å². The minimum atomic E-state index is -1.50. The molecule has 0 radical (unpaired) electrons. The Bertz CT molecular complexity index is 1310. The molecule has 15 heteroatoms. The van der Waals surface area contributed by atoms with E-state index in [2.05, 4.69) is 15.4 Å². The SMILES string of the molecule is Cc1nn(C)c(SCC(=O)N[C@@H]2C(=O)N3C(C(=O)[O-])=C(/C=C4\CCN(C5CC5)C4=O)CS[C@H]23)nc1=O.[Na+]. The normalized spacial score (nSPS) is 24.1. The Morgan fingerprint density at radius 1 is 1.27 bits per heavy atom. The number of nitrogens with zero attached hydrogens (tertiary/aromatic N) is 5. The van der Waals surface area contributed by atoms with Gasteiger partial charge >= 0.3 is 29.6 Å². The van der Waals surface area contributed by atoms with Crippen LogP contribution >= 0.6 is 23.5 Å². The van der Waals surface area contributed by atoms with E-state index >= 15 is 0 Å². The van der Waals surface area contributed by atoms with E-state index in [1.54, 1.807) is 13.1 Å². The average molecular weight is 555 g/mol. The second-order valence-corrected chi connectivity index (χ2v) is 11.0. The fraction of sp³-hybridized carbons (Fsp3) is 0.500. The predicted molar refractivity (Wildman–Crippen MR) is 127 cm³/mol. The average Bonchev–Trinajstić information content (AvgIpc) is 3.62. The van der Waals surface area contributed by atoms with Crippen molar-refractivity contribution in [2.24, 2.45) is 7.05 Å². The monoisotopic (exact) mass is 554 g/mol. The minimum Gasteiger partial charge on any atom is -0.543 e. The Morgan fingerprint density at radius 2 is 2.00 bits per heavy atom. The van der Waals surface area contributed by atoms with Crippen LogP contribution in [0.5, 0.6) is 0 Å². The molecule has 0 bridgehead atoms. The Kier molecular flexibility index (Phi) is 8.24. The van der Waals surface area contributed by atoms with Crippen molar-refractivity contribution >= 4 is 47.2 Å². The van der Waals surface area contributed by atoms with Crippen LogP contribution in [0.3, 0.4) is 0 Å². The molecule has 4 heterocycles. The van der Waals surface area contributed by atoms with E-state index in [9.17, 15) is 29.1 Å². The topological polar surface area (TPSA) is 158 Å². The quantitative estimate of drug-likeness (QED) is 0.150. The molecule has 3 fully saturated rings. The number of nitrogens with one attached hydrogen (secondary N) is 1. The van der Waals surface area contributed by atoms with Gasteiger partial charge in [-0.15, -0.1) is 11.8 Å². The van der Waals surface area contributed by atoms with E-state index < -0.39 is 34.8 Å². The van der Waals surface area contributed by atoms with Gasteiger partial charge in [0.05, 0.1) is 17.4 Å². The second-order valence-electron chi connectivity index (χ2n) is 8.96. The Hall–Kier alpha value is -2.13. The van der Waals surface area contributed by atoms with Crippen molar-refractivity contribution in [2.45, 2.75) is 48.8 Å². The molecule has 3 amide bonds. The zero-order chi connectivity index (χ0) is 25.7. The van der Waals surface area contributed by atoms with Crippen LogP contribution in [0.25, 0.3) is 0 Å². The van der Waals surface area contributed by atoms with Crippen molar-refractivity contribution in [1.82, 2.24) is 29.9 Å². The Balaban J connectivity index is 0.00000320. The molecule has 0 unspecified atom stereocenters. The summed E-state index contributed by atoms with van der Waals surface area (Å²) in [7, 11) is 1.61. The first kappa shape index (κ1) is 27.9. The van der Waals surface area contributed by atoms with Crippen molar-refractivity contribution in [3.05, 3.63) is 39.0 Å². The van der Waals surface area contributed by atoms with Gasteiger partial charge in [0.15, 0.2) is 5.16 Å². The predicted octanol–water partition coefficient (Wildman–Crippen LogP) is -4.70. The molecule has 190 valence electrons. The summed E-state index contributed by atoms with van der Waals surface area (Å²) in [6.07, 6.45) is 4.11. The molecule has 2 atom stereocenters. The molecular formula is C22H23N6NaO6S2. The number of amides is 3. The van der Waals surface area contributed by atoms with Crippen LogP contribution in [-0.2, 0) is 26.2 Å². The fourth-order valence-corrected chi connectivity index (χ4v) is 6.50. The van der Waals surface area contributed by atoms with Crippen LogP contribution < -0.4 is 45.5 Å². The molecule has 3 aliphatic heterocycles. The zero-order valence-electron chi connectivity index (χ0n) is 20.6. The summed E-state index contributed by atoms with van der Waals surface area (Å²) in [5.74, 6) is -2.43. The maximum absolute atomic E-state index is 12.9. The molecule has 4 aliphatic rings. The van der Waals surface area contributed by atoms with Gasteiger partial charge in [0.25, 0.3) is 11.5 Å². The van der Waals surface area contributed by atoms with E-state index in [0.717, 1.165) is 29.5 Å². The number of carbonyl (C=O) groups excluding carboxylic acids is 4. The first-order chi connectivity index (χ1) is 17.2. The van der Waals surface area contributed by atoms with Gasteiger partial charge in [-0.2, -0.15) is 10.1 Å².